The van der Waals surface area contributed by atoms with Crippen LogP contribution in [0.5, 0.6) is 0 Å². The molecule has 0 bridgehead atoms. The lowest BCUT2D eigenvalue weighted by Gasteiger charge is -2.44. The molecule has 0 spiro atoms. The first-order chi connectivity index (χ1) is 8.20. The lowest BCUT2D eigenvalue weighted by atomic mass is 9.73. The molecule has 1 aliphatic carbocycles. The van der Waals surface area contributed by atoms with Gasteiger partial charge in [-0.15, -0.1) is 0 Å². The minimum absolute atomic E-state index is 0.0335. The van der Waals surface area contributed by atoms with Crippen molar-refractivity contribution in [2.75, 3.05) is 13.1 Å². The van der Waals surface area contributed by atoms with Crippen LogP contribution in [0.15, 0.2) is 0 Å². The average molecular weight is 263 g/mol. The Morgan fingerprint density at radius 3 is 2.33 bits per heavy atom. The fourth-order valence-corrected chi connectivity index (χ4v) is 2.87. The molecule has 0 aromatic rings. The molecular weight excluding hydrogens is 243 g/mol. The first kappa shape index (κ1) is 13.7. The molecule has 1 heterocycles. The number of nitrogens with zero attached hydrogens (tertiary/aromatic N) is 1. The quantitative estimate of drug-likeness (QED) is 0.749. The highest BCUT2D eigenvalue weighted by Crippen LogP contribution is 2.45. The monoisotopic (exact) mass is 263 g/mol. The van der Waals surface area contributed by atoms with Gasteiger partial charge in [0.25, 0.3) is 0 Å². The Labute approximate surface area is 106 Å². The molecule has 1 atom stereocenters. The lowest BCUT2D eigenvalue weighted by molar-refractivity contribution is -0.217. The molecule has 5 heteroatoms. The molecule has 0 radical (unpaired) electrons. The van der Waals surface area contributed by atoms with Crippen molar-refractivity contribution in [2.45, 2.75) is 45.7 Å². The summed E-state index contributed by atoms with van der Waals surface area (Å²) < 4.78 is 38.6. The number of carbonyl (C=O) groups is 1. The molecule has 1 saturated carbocycles. The number of likely N-dealkylation sites (tertiary alicyclic amines) is 1. The van der Waals surface area contributed by atoms with Gasteiger partial charge < -0.3 is 4.90 Å². The van der Waals surface area contributed by atoms with Crippen molar-refractivity contribution in [3.63, 3.8) is 0 Å². The van der Waals surface area contributed by atoms with Crippen LogP contribution < -0.4 is 0 Å². The molecule has 1 amide bonds. The third kappa shape index (κ3) is 2.98. The molecule has 18 heavy (non-hydrogen) atoms. The van der Waals surface area contributed by atoms with Crippen LogP contribution in [0, 0.1) is 17.3 Å². The van der Waals surface area contributed by atoms with Gasteiger partial charge in [0.2, 0.25) is 5.91 Å². The van der Waals surface area contributed by atoms with Crippen LogP contribution in [0.4, 0.5) is 13.2 Å². The second-order valence-corrected chi connectivity index (χ2v) is 6.33. The molecule has 2 aliphatic rings. The SMILES string of the molecule is CC1(C)CN(C(=O)CC2CC2)CCC1C(F)(F)F. The largest absolute Gasteiger partial charge is 0.392 e. The normalized spacial score (nSPS) is 28.3. The average Bonchev–Trinajstić information content (AvgIpc) is 2.97. The van der Waals surface area contributed by atoms with Gasteiger partial charge in [0.05, 0.1) is 5.92 Å². The van der Waals surface area contributed by atoms with Crippen molar-refractivity contribution >= 4 is 5.91 Å². The number of carbonyl (C=O) groups excluding carboxylic acids is 1. The Bertz CT molecular complexity index is 334. The van der Waals surface area contributed by atoms with Crippen molar-refractivity contribution in [2.24, 2.45) is 17.3 Å². The van der Waals surface area contributed by atoms with Crippen molar-refractivity contribution in [3.8, 4) is 0 Å². The fraction of sp³-hybridized carbons (Fsp3) is 0.923. The van der Waals surface area contributed by atoms with Gasteiger partial charge in [0, 0.05) is 19.5 Å². The van der Waals surface area contributed by atoms with E-state index in [2.05, 4.69) is 0 Å². The topological polar surface area (TPSA) is 20.3 Å². The summed E-state index contributed by atoms with van der Waals surface area (Å²) in [6.07, 6.45) is -1.42. The van der Waals surface area contributed by atoms with Crippen LogP contribution >= 0.6 is 0 Å². The zero-order chi connectivity index (χ0) is 13.6. The zero-order valence-corrected chi connectivity index (χ0v) is 10.9. The zero-order valence-electron chi connectivity index (χ0n) is 10.9. The van der Waals surface area contributed by atoms with Gasteiger partial charge in [0.15, 0.2) is 0 Å². The minimum Gasteiger partial charge on any atom is -0.342 e. The molecule has 0 N–H and O–H groups in total. The first-order valence-electron chi connectivity index (χ1n) is 6.54. The van der Waals surface area contributed by atoms with E-state index < -0.39 is 17.5 Å². The maximum Gasteiger partial charge on any atom is 0.392 e. The van der Waals surface area contributed by atoms with Crippen molar-refractivity contribution in [3.05, 3.63) is 0 Å². The van der Waals surface area contributed by atoms with Gasteiger partial charge in [0.1, 0.15) is 0 Å². The third-order valence-electron chi connectivity index (χ3n) is 4.14. The number of hydrogen-bond acceptors (Lipinski definition) is 1. The molecular formula is C13H20F3NO. The van der Waals surface area contributed by atoms with Gasteiger partial charge in [-0.05, 0) is 30.6 Å². The number of amides is 1. The van der Waals surface area contributed by atoms with E-state index in [4.69, 9.17) is 0 Å². The van der Waals surface area contributed by atoms with E-state index in [0.717, 1.165) is 12.8 Å². The van der Waals surface area contributed by atoms with E-state index in [1.807, 2.05) is 0 Å². The van der Waals surface area contributed by atoms with E-state index >= 15 is 0 Å². The smallest absolute Gasteiger partial charge is 0.342 e. The van der Waals surface area contributed by atoms with Gasteiger partial charge in [-0.3, -0.25) is 4.79 Å². The highest BCUT2D eigenvalue weighted by Gasteiger charge is 2.51. The lowest BCUT2D eigenvalue weighted by Crippen LogP contribution is -2.52. The molecule has 1 aliphatic heterocycles. The Morgan fingerprint density at radius 2 is 1.89 bits per heavy atom. The predicted molar refractivity (Wildman–Crippen MR) is 61.9 cm³/mol. The predicted octanol–water partition coefficient (Wildman–Crippen LogP) is 3.22. The summed E-state index contributed by atoms with van der Waals surface area (Å²) in [6.45, 7) is 3.70. The summed E-state index contributed by atoms with van der Waals surface area (Å²) in [4.78, 5) is 13.6. The molecule has 2 nitrogen and oxygen atoms in total. The van der Waals surface area contributed by atoms with Gasteiger partial charge >= 0.3 is 6.18 Å². The Balaban J connectivity index is 1.98. The number of alkyl halides is 3. The number of piperidine rings is 1. The summed E-state index contributed by atoms with van der Waals surface area (Å²) in [5, 5.41) is 0. The van der Waals surface area contributed by atoms with E-state index in [0.29, 0.717) is 12.3 Å². The number of halogens is 3. The van der Waals surface area contributed by atoms with Crippen LogP contribution in [0.1, 0.15) is 39.5 Å². The molecule has 1 unspecified atom stereocenters. The third-order valence-corrected chi connectivity index (χ3v) is 4.14. The summed E-state index contributed by atoms with van der Waals surface area (Å²) in [5.74, 6) is -0.776. The molecule has 0 aromatic carbocycles. The Hall–Kier alpha value is -0.740. The van der Waals surface area contributed by atoms with Gasteiger partial charge in [-0.2, -0.15) is 13.2 Å². The van der Waals surface area contributed by atoms with E-state index in [-0.39, 0.29) is 25.4 Å². The van der Waals surface area contributed by atoms with Crippen molar-refractivity contribution in [1.29, 1.82) is 0 Å². The first-order valence-corrected chi connectivity index (χ1v) is 6.54. The van der Waals surface area contributed by atoms with Crippen LogP contribution in [-0.4, -0.2) is 30.1 Å². The number of hydrogen-bond donors (Lipinski definition) is 0. The van der Waals surface area contributed by atoms with Gasteiger partial charge in [-0.1, -0.05) is 13.8 Å². The highest BCUT2D eigenvalue weighted by molar-refractivity contribution is 5.76. The highest BCUT2D eigenvalue weighted by atomic mass is 19.4. The van der Waals surface area contributed by atoms with Crippen LogP contribution in [-0.2, 0) is 4.79 Å². The molecule has 1 saturated heterocycles. The van der Waals surface area contributed by atoms with Crippen LogP contribution in [0.2, 0.25) is 0 Å². The molecule has 2 fully saturated rings. The van der Waals surface area contributed by atoms with E-state index in [1.165, 1.54) is 0 Å². The Kier molecular flexibility index (Phi) is 3.36. The van der Waals surface area contributed by atoms with Crippen LogP contribution in [0.25, 0.3) is 0 Å². The summed E-state index contributed by atoms with van der Waals surface area (Å²) in [6, 6.07) is 0. The minimum atomic E-state index is -4.16. The molecule has 104 valence electrons. The summed E-state index contributed by atoms with van der Waals surface area (Å²) in [7, 11) is 0. The summed E-state index contributed by atoms with van der Waals surface area (Å²) >= 11 is 0. The van der Waals surface area contributed by atoms with E-state index in [1.54, 1.807) is 18.7 Å². The second-order valence-electron chi connectivity index (χ2n) is 6.33. The molecule has 2 rings (SSSR count). The standard InChI is InChI=1S/C13H20F3NO/c1-12(2)8-17(11(18)7-9-3-4-9)6-5-10(12)13(14,15)16/h9-10H,3-8H2,1-2H3. The molecule has 0 aromatic heterocycles. The second kappa shape index (κ2) is 4.42. The van der Waals surface area contributed by atoms with Gasteiger partial charge in [-0.25, -0.2) is 0 Å². The van der Waals surface area contributed by atoms with Crippen molar-refractivity contribution in [1.82, 2.24) is 4.90 Å². The maximum absolute atomic E-state index is 12.9. The van der Waals surface area contributed by atoms with E-state index in [9.17, 15) is 18.0 Å². The number of rotatable bonds is 2. The maximum atomic E-state index is 12.9. The van der Waals surface area contributed by atoms with Crippen LogP contribution in [0.3, 0.4) is 0 Å². The van der Waals surface area contributed by atoms with Crippen molar-refractivity contribution < 1.29 is 18.0 Å². The fourth-order valence-electron chi connectivity index (χ4n) is 2.87. The Morgan fingerprint density at radius 1 is 1.28 bits per heavy atom. The summed E-state index contributed by atoms with van der Waals surface area (Å²) in [5.41, 5.74) is -0.879.